The summed E-state index contributed by atoms with van der Waals surface area (Å²) in [5, 5.41) is 3.79. The maximum Gasteiger partial charge on any atom is 0.340 e. The average molecular weight is 153 g/mol. The maximum absolute atomic E-state index is 10.7. The van der Waals surface area contributed by atoms with Crippen molar-refractivity contribution in [1.82, 2.24) is 0 Å². The van der Waals surface area contributed by atoms with Crippen molar-refractivity contribution in [2.45, 2.75) is 32.6 Å². The zero-order valence-electron chi connectivity index (χ0n) is 6.59. The molecule has 0 aromatic carbocycles. The molecule has 1 aliphatic carbocycles. The van der Waals surface area contributed by atoms with E-state index in [4.69, 9.17) is 0 Å². The summed E-state index contributed by atoms with van der Waals surface area (Å²) in [7, 11) is 0. The molecule has 0 unspecified atom stereocenters. The van der Waals surface area contributed by atoms with E-state index < -0.39 is 0 Å². The van der Waals surface area contributed by atoms with Crippen molar-refractivity contribution < 1.29 is 9.63 Å². The van der Waals surface area contributed by atoms with E-state index >= 15 is 0 Å². The van der Waals surface area contributed by atoms with Crippen LogP contribution in [0, 0.1) is 5.41 Å². The maximum atomic E-state index is 10.7. The minimum absolute atomic E-state index is 0.195. The van der Waals surface area contributed by atoms with E-state index in [9.17, 15) is 4.79 Å². The van der Waals surface area contributed by atoms with Crippen LogP contribution >= 0.6 is 0 Å². The first kappa shape index (κ1) is 6.83. The highest BCUT2D eigenvalue weighted by Crippen LogP contribution is 2.51. The van der Waals surface area contributed by atoms with Gasteiger partial charge in [0, 0.05) is 5.41 Å². The lowest BCUT2D eigenvalue weighted by Crippen LogP contribution is -2.13. The number of carbonyl (C=O) groups is 1. The van der Waals surface area contributed by atoms with Crippen LogP contribution in [-0.4, -0.2) is 11.7 Å². The largest absolute Gasteiger partial charge is 0.340 e. The van der Waals surface area contributed by atoms with Gasteiger partial charge in [-0.2, -0.15) is 0 Å². The molecule has 3 nitrogen and oxygen atoms in total. The van der Waals surface area contributed by atoms with Crippen molar-refractivity contribution in [3.05, 3.63) is 0 Å². The lowest BCUT2D eigenvalue weighted by molar-refractivity contribution is -0.140. The molecule has 0 aromatic heterocycles. The molecule has 1 saturated carbocycles. The fourth-order valence-corrected chi connectivity index (χ4v) is 1.59. The molecular weight excluding hydrogens is 142 g/mol. The van der Waals surface area contributed by atoms with Crippen LogP contribution in [0.3, 0.4) is 0 Å². The smallest absolute Gasteiger partial charge is 0.318 e. The monoisotopic (exact) mass is 153 g/mol. The summed E-state index contributed by atoms with van der Waals surface area (Å²) in [5.74, 6) is -0.195. The highest BCUT2D eigenvalue weighted by atomic mass is 16.7. The molecule has 60 valence electrons. The molecule has 0 N–H and O–H groups in total. The predicted octanol–water partition coefficient (Wildman–Crippen LogP) is 1.48. The molecule has 0 atom stereocenters. The van der Waals surface area contributed by atoms with Gasteiger partial charge < -0.3 is 4.84 Å². The Balaban J connectivity index is 2.11. The topological polar surface area (TPSA) is 38.7 Å². The van der Waals surface area contributed by atoms with Gasteiger partial charge in [0.15, 0.2) is 0 Å². The standard InChI is InChI=1S/C8H11NO2/c1-2-8(3-4-8)6-5-7(10)11-9-6/h2-5H2,1H3. The van der Waals surface area contributed by atoms with Gasteiger partial charge in [-0.25, -0.2) is 4.79 Å². The van der Waals surface area contributed by atoms with E-state index in [1.165, 1.54) is 12.8 Å². The van der Waals surface area contributed by atoms with Crippen LogP contribution in [-0.2, 0) is 9.63 Å². The van der Waals surface area contributed by atoms with E-state index in [0.29, 0.717) is 6.42 Å². The molecule has 0 saturated heterocycles. The molecule has 2 aliphatic rings. The Morgan fingerprint density at radius 1 is 1.64 bits per heavy atom. The SMILES string of the molecule is CCC1(C2=NOC(=O)C2)CC1. The van der Waals surface area contributed by atoms with Gasteiger partial charge in [-0.15, -0.1) is 0 Å². The van der Waals surface area contributed by atoms with Crippen LogP contribution in [0.5, 0.6) is 0 Å². The van der Waals surface area contributed by atoms with Gasteiger partial charge in [-0.1, -0.05) is 12.1 Å². The zero-order chi connectivity index (χ0) is 7.90. The Morgan fingerprint density at radius 2 is 2.36 bits per heavy atom. The van der Waals surface area contributed by atoms with Crippen molar-refractivity contribution in [3.8, 4) is 0 Å². The zero-order valence-corrected chi connectivity index (χ0v) is 6.59. The van der Waals surface area contributed by atoms with Crippen LogP contribution in [0.15, 0.2) is 5.16 Å². The molecule has 0 radical (unpaired) electrons. The molecule has 2 rings (SSSR count). The van der Waals surface area contributed by atoms with Crippen LogP contribution in [0.2, 0.25) is 0 Å². The van der Waals surface area contributed by atoms with E-state index in [-0.39, 0.29) is 11.4 Å². The Hall–Kier alpha value is -0.860. The second-order valence-electron chi connectivity index (χ2n) is 3.31. The second-order valence-corrected chi connectivity index (χ2v) is 3.31. The van der Waals surface area contributed by atoms with Gasteiger partial charge in [-0.05, 0) is 19.3 Å². The number of nitrogens with zero attached hydrogens (tertiary/aromatic N) is 1. The van der Waals surface area contributed by atoms with Crippen LogP contribution < -0.4 is 0 Å². The van der Waals surface area contributed by atoms with Gasteiger partial charge in [-0.3, -0.25) is 0 Å². The molecule has 1 fully saturated rings. The van der Waals surface area contributed by atoms with Gasteiger partial charge in [0.2, 0.25) is 0 Å². The Labute approximate surface area is 65.4 Å². The van der Waals surface area contributed by atoms with Crippen LogP contribution in [0.4, 0.5) is 0 Å². The molecular formula is C8H11NO2. The molecule has 11 heavy (non-hydrogen) atoms. The van der Waals surface area contributed by atoms with E-state index in [1.54, 1.807) is 0 Å². The highest BCUT2D eigenvalue weighted by molar-refractivity contribution is 6.06. The summed E-state index contributed by atoms with van der Waals surface area (Å²) in [6.45, 7) is 2.14. The summed E-state index contributed by atoms with van der Waals surface area (Å²) in [6.07, 6.45) is 3.87. The number of carbonyl (C=O) groups excluding carboxylic acids is 1. The fourth-order valence-electron chi connectivity index (χ4n) is 1.59. The van der Waals surface area contributed by atoms with Gasteiger partial charge >= 0.3 is 5.97 Å². The van der Waals surface area contributed by atoms with Crippen LogP contribution in [0.1, 0.15) is 32.6 Å². The minimum atomic E-state index is -0.195. The van der Waals surface area contributed by atoms with Crippen molar-refractivity contribution in [2.75, 3.05) is 0 Å². The third kappa shape index (κ3) is 0.951. The first-order valence-corrected chi connectivity index (χ1v) is 4.04. The number of hydrogen-bond acceptors (Lipinski definition) is 3. The first-order chi connectivity index (χ1) is 5.27. The molecule has 0 aromatic rings. The lowest BCUT2D eigenvalue weighted by Gasteiger charge is -2.07. The van der Waals surface area contributed by atoms with Crippen molar-refractivity contribution in [1.29, 1.82) is 0 Å². The van der Waals surface area contributed by atoms with Gasteiger partial charge in [0.05, 0.1) is 12.1 Å². The molecule has 1 heterocycles. The summed E-state index contributed by atoms with van der Waals surface area (Å²) in [6, 6.07) is 0. The number of oxime groups is 1. The van der Waals surface area contributed by atoms with Crippen molar-refractivity contribution >= 4 is 11.7 Å². The quantitative estimate of drug-likeness (QED) is 0.563. The Morgan fingerprint density at radius 3 is 2.73 bits per heavy atom. The molecule has 0 bridgehead atoms. The molecule has 0 amide bonds. The summed E-state index contributed by atoms with van der Waals surface area (Å²) < 4.78 is 0. The highest BCUT2D eigenvalue weighted by Gasteiger charge is 2.48. The van der Waals surface area contributed by atoms with E-state index in [2.05, 4.69) is 16.9 Å². The molecule has 3 heteroatoms. The predicted molar refractivity (Wildman–Crippen MR) is 40.1 cm³/mol. The lowest BCUT2D eigenvalue weighted by atomic mass is 9.95. The number of hydrogen-bond donors (Lipinski definition) is 0. The first-order valence-electron chi connectivity index (χ1n) is 4.04. The second kappa shape index (κ2) is 2.06. The normalized spacial score (nSPS) is 26.3. The van der Waals surface area contributed by atoms with Crippen molar-refractivity contribution in [3.63, 3.8) is 0 Å². The third-order valence-electron chi connectivity index (χ3n) is 2.71. The Bertz CT molecular complexity index is 228. The van der Waals surface area contributed by atoms with E-state index in [0.717, 1.165) is 12.1 Å². The average Bonchev–Trinajstić information content (AvgIpc) is 2.70. The van der Waals surface area contributed by atoms with Crippen molar-refractivity contribution in [2.24, 2.45) is 10.6 Å². The summed E-state index contributed by atoms with van der Waals surface area (Å²) >= 11 is 0. The fraction of sp³-hybridized carbons (Fsp3) is 0.750. The van der Waals surface area contributed by atoms with Gasteiger partial charge in [0.25, 0.3) is 0 Å². The summed E-state index contributed by atoms with van der Waals surface area (Å²) in [5.41, 5.74) is 1.23. The number of rotatable bonds is 2. The molecule has 0 spiro atoms. The van der Waals surface area contributed by atoms with Crippen LogP contribution in [0.25, 0.3) is 0 Å². The Kier molecular flexibility index (Phi) is 1.28. The van der Waals surface area contributed by atoms with E-state index in [1.807, 2.05) is 0 Å². The minimum Gasteiger partial charge on any atom is -0.318 e. The summed E-state index contributed by atoms with van der Waals surface area (Å²) in [4.78, 5) is 15.2. The third-order valence-corrected chi connectivity index (χ3v) is 2.71. The van der Waals surface area contributed by atoms with Gasteiger partial charge in [0.1, 0.15) is 0 Å². The molecule has 1 aliphatic heterocycles.